The van der Waals surface area contributed by atoms with Crippen molar-refractivity contribution in [2.45, 2.75) is 37.3 Å². The summed E-state index contributed by atoms with van der Waals surface area (Å²) in [7, 11) is 0. The molecule has 0 amide bonds. The highest BCUT2D eigenvalue weighted by atomic mass is 35.5. The monoisotopic (exact) mass is 409 g/mol. The van der Waals surface area contributed by atoms with Gasteiger partial charge in [0, 0.05) is 22.1 Å². The molecule has 5 heteroatoms. The first kappa shape index (κ1) is 21.3. The largest absolute Gasteiger partial charge is 0.316 e. The molecule has 2 aromatic carbocycles. The molecule has 0 radical (unpaired) electrons. The van der Waals surface area contributed by atoms with Crippen LogP contribution in [-0.2, 0) is 18.6 Å². The Hall–Kier alpha value is -1.00. The zero-order valence-electron chi connectivity index (χ0n) is 15.2. The van der Waals surface area contributed by atoms with Crippen LogP contribution in [-0.4, -0.2) is 18.9 Å². The Morgan fingerprint density at radius 1 is 1.12 bits per heavy atom. The lowest BCUT2D eigenvalue weighted by Crippen LogP contribution is -2.16. The first-order chi connectivity index (χ1) is 12.1. The highest BCUT2D eigenvalue weighted by Crippen LogP contribution is 2.36. The molecule has 1 aliphatic rings. The van der Waals surface area contributed by atoms with E-state index in [0.717, 1.165) is 42.3 Å². The van der Waals surface area contributed by atoms with E-state index >= 15 is 0 Å². The zero-order valence-corrected chi connectivity index (χ0v) is 17.6. The first-order valence-corrected chi connectivity index (χ1v) is 10.2. The van der Waals surface area contributed by atoms with E-state index in [-0.39, 0.29) is 24.1 Å². The van der Waals surface area contributed by atoms with Crippen molar-refractivity contribution in [3.05, 3.63) is 63.7 Å². The van der Waals surface area contributed by atoms with Crippen molar-refractivity contribution < 1.29 is 4.79 Å². The second kappa shape index (κ2) is 9.80. The third kappa shape index (κ3) is 5.04. The summed E-state index contributed by atoms with van der Waals surface area (Å²) in [5.41, 5.74) is 4.82. The van der Waals surface area contributed by atoms with Crippen LogP contribution in [0, 0.1) is 5.92 Å². The minimum absolute atomic E-state index is 0. The second-order valence-electron chi connectivity index (χ2n) is 6.77. The SMILES string of the molecule is CC(C)C(=O)c1ccc(CSc2c(Cl)ccc3c2CCNCC3)cc1.Cl. The van der Waals surface area contributed by atoms with Gasteiger partial charge in [-0.25, -0.2) is 0 Å². The van der Waals surface area contributed by atoms with Crippen molar-refractivity contribution in [1.82, 2.24) is 5.32 Å². The third-order valence-corrected chi connectivity index (χ3v) is 6.24. The molecule has 140 valence electrons. The summed E-state index contributed by atoms with van der Waals surface area (Å²) >= 11 is 8.30. The average Bonchev–Trinajstić information content (AvgIpc) is 2.86. The molecule has 0 bridgehead atoms. The summed E-state index contributed by atoms with van der Waals surface area (Å²) in [5, 5.41) is 4.30. The van der Waals surface area contributed by atoms with Gasteiger partial charge in [-0.2, -0.15) is 0 Å². The van der Waals surface area contributed by atoms with Gasteiger partial charge in [0.05, 0.1) is 5.02 Å². The van der Waals surface area contributed by atoms with Crippen molar-refractivity contribution in [3.63, 3.8) is 0 Å². The number of fused-ring (bicyclic) bond motifs is 1. The Kier molecular flexibility index (Phi) is 8.03. The summed E-state index contributed by atoms with van der Waals surface area (Å²) in [5.74, 6) is 1.09. The van der Waals surface area contributed by atoms with E-state index in [1.807, 2.05) is 32.0 Å². The molecule has 1 heterocycles. The Balaban J connectivity index is 0.00000243. The average molecular weight is 410 g/mol. The van der Waals surface area contributed by atoms with E-state index in [0.29, 0.717) is 0 Å². The lowest BCUT2D eigenvalue weighted by atomic mass is 10.0. The molecule has 1 N–H and O–H groups in total. The molecule has 0 fully saturated rings. The maximum Gasteiger partial charge on any atom is 0.165 e. The molecule has 3 rings (SSSR count). The smallest absolute Gasteiger partial charge is 0.165 e. The molecule has 0 spiro atoms. The summed E-state index contributed by atoms with van der Waals surface area (Å²) in [4.78, 5) is 13.3. The molecule has 2 aromatic rings. The van der Waals surface area contributed by atoms with Gasteiger partial charge in [-0.3, -0.25) is 4.79 Å². The van der Waals surface area contributed by atoms with Gasteiger partial charge in [0.1, 0.15) is 0 Å². The van der Waals surface area contributed by atoms with Gasteiger partial charge >= 0.3 is 0 Å². The minimum Gasteiger partial charge on any atom is -0.316 e. The summed E-state index contributed by atoms with van der Waals surface area (Å²) in [6.07, 6.45) is 2.09. The summed E-state index contributed by atoms with van der Waals surface area (Å²) < 4.78 is 0. The quantitative estimate of drug-likeness (QED) is 0.515. The van der Waals surface area contributed by atoms with Crippen LogP contribution in [0.5, 0.6) is 0 Å². The number of rotatable bonds is 5. The summed E-state index contributed by atoms with van der Waals surface area (Å²) in [6.45, 7) is 5.91. The van der Waals surface area contributed by atoms with Gasteiger partial charge in [-0.05, 0) is 48.7 Å². The van der Waals surface area contributed by atoms with Crippen LogP contribution < -0.4 is 5.32 Å². The standard InChI is InChI=1S/C21H24ClNOS.ClH/c1-14(2)20(24)17-5-3-15(4-6-17)13-25-21-18-10-12-23-11-9-16(18)7-8-19(21)22;/h3-8,14,23H,9-13H2,1-2H3;1H. The zero-order chi connectivity index (χ0) is 17.8. The van der Waals surface area contributed by atoms with E-state index in [2.05, 4.69) is 23.5 Å². The minimum atomic E-state index is 0. The van der Waals surface area contributed by atoms with Gasteiger partial charge in [0.15, 0.2) is 5.78 Å². The fourth-order valence-corrected chi connectivity index (χ4v) is 4.58. The van der Waals surface area contributed by atoms with E-state index < -0.39 is 0 Å². The van der Waals surface area contributed by atoms with Gasteiger partial charge in [0.25, 0.3) is 0 Å². The van der Waals surface area contributed by atoms with Crippen LogP contribution in [0.15, 0.2) is 41.3 Å². The van der Waals surface area contributed by atoms with Crippen LogP contribution in [0.25, 0.3) is 0 Å². The third-order valence-electron chi connectivity index (χ3n) is 4.58. The molecule has 1 aliphatic heterocycles. The first-order valence-electron chi connectivity index (χ1n) is 8.83. The van der Waals surface area contributed by atoms with E-state index in [4.69, 9.17) is 11.6 Å². The topological polar surface area (TPSA) is 29.1 Å². The maximum atomic E-state index is 12.0. The molecule has 0 atom stereocenters. The normalized spacial score (nSPS) is 13.7. The number of benzene rings is 2. The lowest BCUT2D eigenvalue weighted by molar-refractivity contribution is 0.0939. The van der Waals surface area contributed by atoms with E-state index in [1.165, 1.54) is 21.6 Å². The number of Topliss-reactive ketones (excluding diaryl/α,β-unsaturated/α-hetero) is 1. The van der Waals surface area contributed by atoms with Crippen LogP contribution in [0.3, 0.4) is 0 Å². The maximum absolute atomic E-state index is 12.0. The second-order valence-corrected chi connectivity index (χ2v) is 8.16. The highest BCUT2D eigenvalue weighted by Gasteiger charge is 2.15. The van der Waals surface area contributed by atoms with Crippen molar-refractivity contribution >= 4 is 41.6 Å². The van der Waals surface area contributed by atoms with Gasteiger partial charge in [-0.15, -0.1) is 24.2 Å². The molecular weight excluding hydrogens is 385 g/mol. The van der Waals surface area contributed by atoms with E-state index in [9.17, 15) is 4.79 Å². The van der Waals surface area contributed by atoms with Crippen molar-refractivity contribution in [1.29, 1.82) is 0 Å². The molecule has 0 aromatic heterocycles. The number of hydrogen-bond donors (Lipinski definition) is 1. The van der Waals surface area contributed by atoms with Gasteiger partial charge < -0.3 is 5.32 Å². The van der Waals surface area contributed by atoms with Crippen LogP contribution in [0.2, 0.25) is 5.02 Å². The molecule has 2 nitrogen and oxygen atoms in total. The van der Waals surface area contributed by atoms with Gasteiger partial charge in [0.2, 0.25) is 0 Å². The van der Waals surface area contributed by atoms with Crippen molar-refractivity contribution in [2.24, 2.45) is 5.92 Å². The Morgan fingerprint density at radius 3 is 2.50 bits per heavy atom. The predicted octanol–water partition coefficient (Wildman–Crippen LogP) is 5.58. The van der Waals surface area contributed by atoms with E-state index in [1.54, 1.807) is 11.8 Å². The number of hydrogen-bond acceptors (Lipinski definition) is 3. The lowest BCUT2D eigenvalue weighted by Gasteiger charge is -2.14. The highest BCUT2D eigenvalue weighted by molar-refractivity contribution is 7.98. The molecular formula is C21H25Cl2NOS. The molecule has 0 saturated heterocycles. The molecule has 26 heavy (non-hydrogen) atoms. The Labute approximate surface area is 171 Å². The fourth-order valence-electron chi connectivity index (χ4n) is 3.12. The van der Waals surface area contributed by atoms with Gasteiger partial charge in [-0.1, -0.05) is 55.8 Å². The molecule has 0 saturated carbocycles. The number of carbonyl (C=O) groups is 1. The number of ketones is 1. The number of thioether (sulfide) groups is 1. The molecule has 0 aliphatic carbocycles. The molecule has 0 unspecified atom stereocenters. The Bertz CT molecular complexity index is 759. The van der Waals surface area contributed by atoms with Crippen LogP contribution in [0.1, 0.15) is 40.9 Å². The predicted molar refractivity (Wildman–Crippen MR) is 114 cm³/mol. The van der Waals surface area contributed by atoms with Crippen LogP contribution >= 0.6 is 35.8 Å². The fraction of sp³-hybridized carbons (Fsp3) is 0.381. The Morgan fingerprint density at radius 2 is 1.81 bits per heavy atom. The van der Waals surface area contributed by atoms with Crippen LogP contribution in [0.4, 0.5) is 0 Å². The number of carbonyl (C=O) groups excluding carboxylic acids is 1. The number of nitrogens with one attached hydrogen (secondary N) is 1. The van der Waals surface area contributed by atoms with Crippen molar-refractivity contribution in [2.75, 3.05) is 13.1 Å². The summed E-state index contributed by atoms with van der Waals surface area (Å²) in [6, 6.07) is 12.2. The van der Waals surface area contributed by atoms with Crippen molar-refractivity contribution in [3.8, 4) is 0 Å². The number of halogens is 2.